The third-order valence-electron chi connectivity index (χ3n) is 3.38. The zero-order chi connectivity index (χ0) is 21.6. The highest BCUT2D eigenvalue weighted by Gasteiger charge is 2.13. The van der Waals surface area contributed by atoms with Crippen LogP contribution in [-0.4, -0.2) is 22.2 Å². The molecule has 0 fully saturated rings. The van der Waals surface area contributed by atoms with Crippen molar-refractivity contribution in [2.45, 2.75) is 0 Å². The zero-order valence-corrected chi connectivity index (χ0v) is 15.2. The Hall–Kier alpha value is -3.52. The van der Waals surface area contributed by atoms with Gasteiger partial charge in [-0.2, -0.15) is 0 Å². The Morgan fingerprint density at radius 3 is 1.72 bits per heavy atom. The van der Waals surface area contributed by atoms with E-state index in [4.69, 9.17) is 26.6 Å². The van der Waals surface area contributed by atoms with E-state index < -0.39 is 29.4 Å². The van der Waals surface area contributed by atoms with E-state index in [1.807, 2.05) is 0 Å². The number of benzene rings is 3. The predicted octanol–water partition coefficient (Wildman–Crippen LogP) is 5.63. The number of hydrogen-bond acceptors (Lipinski definition) is 3. The van der Waals surface area contributed by atoms with Gasteiger partial charge in [0.15, 0.2) is 0 Å². The van der Waals surface area contributed by atoms with Gasteiger partial charge in [-0.3, -0.25) is 0 Å². The van der Waals surface area contributed by atoms with Crippen LogP contribution in [0.3, 0.4) is 0 Å². The number of aromatic carboxylic acids is 2. The van der Waals surface area contributed by atoms with Crippen LogP contribution in [-0.2, 0) is 0 Å². The summed E-state index contributed by atoms with van der Waals surface area (Å²) in [5.41, 5.74) is -0.256. The lowest BCUT2D eigenvalue weighted by atomic mass is 10.2. The monoisotopic (exact) mass is 424 g/mol. The molecule has 0 aliphatic heterocycles. The summed E-state index contributed by atoms with van der Waals surface area (Å²) in [7, 11) is 0. The number of rotatable bonds is 4. The topological polar surface area (TPSA) is 83.8 Å². The van der Waals surface area contributed by atoms with E-state index in [2.05, 4.69) is 0 Å². The van der Waals surface area contributed by atoms with Crippen LogP contribution in [0.4, 0.5) is 13.2 Å². The third kappa shape index (κ3) is 6.25. The van der Waals surface area contributed by atoms with Crippen molar-refractivity contribution in [3.05, 3.63) is 94.3 Å². The normalized spacial score (nSPS) is 9.93. The second kappa shape index (κ2) is 9.61. The number of ether oxygens (including phenoxy) is 1. The van der Waals surface area contributed by atoms with Crippen LogP contribution in [0.5, 0.6) is 11.5 Å². The third-order valence-corrected chi connectivity index (χ3v) is 3.69. The summed E-state index contributed by atoms with van der Waals surface area (Å²) in [6.45, 7) is 0. The highest BCUT2D eigenvalue weighted by Crippen LogP contribution is 2.26. The number of carboxylic acids is 2. The molecule has 3 rings (SSSR count). The van der Waals surface area contributed by atoms with Crippen LogP contribution in [0.1, 0.15) is 20.7 Å². The van der Waals surface area contributed by atoms with Crippen LogP contribution in [0.2, 0.25) is 5.02 Å². The molecule has 3 aromatic rings. The van der Waals surface area contributed by atoms with Crippen molar-refractivity contribution >= 4 is 23.5 Å². The number of hydrogen-bond donors (Lipinski definition) is 2. The van der Waals surface area contributed by atoms with Crippen molar-refractivity contribution < 1.29 is 37.7 Å². The molecular weight excluding hydrogens is 413 g/mol. The smallest absolute Gasteiger partial charge is 0.339 e. The SMILES string of the molecule is O=C(O)c1ccc(F)cc1Cl.O=C(O)c1ccc(F)cc1Oc1ccc(F)cc1. The number of carbonyl (C=O) groups is 2. The van der Waals surface area contributed by atoms with Gasteiger partial charge in [0.2, 0.25) is 0 Å². The molecule has 150 valence electrons. The molecule has 3 aromatic carbocycles. The standard InChI is InChI=1S/C13H8F2O3.C7H4ClFO2/c14-8-1-4-10(5-2-8)18-12-7-9(15)3-6-11(12)13(16)17;8-6-3-4(9)1-2-5(6)7(10)11/h1-7H,(H,16,17);1-3H,(H,10,11). The Morgan fingerprint density at radius 2 is 1.21 bits per heavy atom. The lowest BCUT2D eigenvalue weighted by Crippen LogP contribution is -2.00. The summed E-state index contributed by atoms with van der Waals surface area (Å²) in [4.78, 5) is 21.2. The Morgan fingerprint density at radius 1 is 0.724 bits per heavy atom. The minimum absolute atomic E-state index is 0.0856. The van der Waals surface area contributed by atoms with Crippen molar-refractivity contribution in [1.29, 1.82) is 0 Å². The average molecular weight is 425 g/mol. The first-order valence-corrected chi connectivity index (χ1v) is 8.20. The first kappa shape index (κ1) is 21.8. The molecule has 5 nitrogen and oxygen atoms in total. The van der Waals surface area contributed by atoms with E-state index in [1.54, 1.807) is 0 Å². The molecule has 0 atom stereocenters. The molecule has 0 unspecified atom stereocenters. The fourth-order valence-corrected chi connectivity index (χ4v) is 2.30. The Balaban J connectivity index is 0.000000234. The second-order valence-corrected chi connectivity index (χ2v) is 5.84. The van der Waals surface area contributed by atoms with Crippen LogP contribution in [0.15, 0.2) is 60.7 Å². The Kier molecular flexibility index (Phi) is 7.21. The van der Waals surface area contributed by atoms with E-state index in [-0.39, 0.29) is 27.6 Å². The zero-order valence-electron chi connectivity index (χ0n) is 14.4. The van der Waals surface area contributed by atoms with Gasteiger partial charge < -0.3 is 14.9 Å². The lowest BCUT2D eigenvalue weighted by Gasteiger charge is -2.08. The molecule has 2 N–H and O–H groups in total. The Bertz CT molecular complexity index is 1040. The molecule has 0 amide bonds. The van der Waals surface area contributed by atoms with Crippen molar-refractivity contribution in [2.75, 3.05) is 0 Å². The molecule has 0 aliphatic rings. The van der Waals surface area contributed by atoms with Crippen LogP contribution >= 0.6 is 11.6 Å². The second-order valence-electron chi connectivity index (χ2n) is 5.43. The summed E-state index contributed by atoms with van der Waals surface area (Å²) < 4.78 is 43.3. The van der Waals surface area contributed by atoms with E-state index in [1.165, 1.54) is 12.1 Å². The molecule has 29 heavy (non-hydrogen) atoms. The first-order chi connectivity index (χ1) is 13.7. The predicted molar refractivity (Wildman–Crippen MR) is 98.2 cm³/mol. The van der Waals surface area contributed by atoms with Gasteiger partial charge in [0.05, 0.1) is 10.6 Å². The molecule has 0 aromatic heterocycles. The average Bonchev–Trinajstić information content (AvgIpc) is 2.63. The van der Waals surface area contributed by atoms with E-state index in [0.717, 1.165) is 48.5 Å². The van der Waals surface area contributed by atoms with Gasteiger partial charge in [0, 0.05) is 6.07 Å². The highest BCUT2D eigenvalue weighted by molar-refractivity contribution is 6.33. The minimum Gasteiger partial charge on any atom is -0.478 e. The van der Waals surface area contributed by atoms with Crippen LogP contribution in [0.25, 0.3) is 0 Å². The summed E-state index contributed by atoms with van der Waals surface area (Å²) >= 11 is 5.40. The van der Waals surface area contributed by atoms with Gasteiger partial charge >= 0.3 is 11.9 Å². The molecule has 0 radical (unpaired) electrons. The maximum atomic E-state index is 13.0. The minimum atomic E-state index is -1.23. The fraction of sp³-hybridized carbons (Fsp3) is 0. The van der Waals surface area contributed by atoms with Crippen molar-refractivity contribution in [3.63, 3.8) is 0 Å². The van der Waals surface area contributed by atoms with Gasteiger partial charge in [0.25, 0.3) is 0 Å². The van der Waals surface area contributed by atoms with Crippen LogP contribution in [0, 0.1) is 17.5 Å². The summed E-state index contributed by atoms with van der Waals surface area (Å²) in [5, 5.41) is 17.3. The fourth-order valence-electron chi connectivity index (χ4n) is 2.05. The molecule has 0 bridgehead atoms. The maximum absolute atomic E-state index is 13.0. The van der Waals surface area contributed by atoms with Crippen LogP contribution < -0.4 is 4.74 Å². The molecule has 0 aliphatic carbocycles. The van der Waals surface area contributed by atoms with Gasteiger partial charge in [-0.05, 0) is 54.6 Å². The van der Waals surface area contributed by atoms with E-state index in [0.29, 0.717) is 0 Å². The van der Waals surface area contributed by atoms with Crippen molar-refractivity contribution in [1.82, 2.24) is 0 Å². The molecule has 0 spiro atoms. The van der Waals surface area contributed by atoms with Gasteiger partial charge in [-0.15, -0.1) is 0 Å². The van der Waals surface area contributed by atoms with E-state index in [9.17, 15) is 22.8 Å². The lowest BCUT2D eigenvalue weighted by molar-refractivity contribution is 0.0684. The van der Waals surface area contributed by atoms with Gasteiger partial charge in [0.1, 0.15) is 34.5 Å². The number of carboxylic acid groups (broad SMARTS) is 2. The quantitative estimate of drug-likeness (QED) is 0.567. The first-order valence-electron chi connectivity index (χ1n) is 7.82. The summed E-state index contributed by atoms with van der Waals surface area (Å²) in [6, 6.07) is 11.2. The molecule has 9 heteroatoms. The van der Waals surface area contributed by atoms with E-state index >= 15 is 0 Å². The largest absolute Gasteiger partial charge is 0.478 e. The molecular formula is C20H12ClF3O5. The molecule has 0 saturated heterocycles. The van der Waals surface area contributed by atoms with Crippen molar-refractivity contribution in [2.24, 2.45) is 0 Å². The molecule has 0 saturated carbocycles. The van der Waals surface area contributed by atoms with Crippen molar-refractivity contribution in [3.8, 4) is 11.5 Å². The summed E-state index contributed by atoms with van der Waals surface area (Å²) in [5.74, 6) is -3.89. The Labute approximate surface area is 167 Å². The summed E-state index contributed by atoms with van der Waals surface area (Å²) in [6.07, 6.45) is 0. The van der Waals surface area contributed by atoms with Gasteiger partial charge in [-0.25, -0.2) is 22.8 Å². The maximum Gasteiger partial charge on any atom is 0.339 e. The number of halogens is 4. The van der Waals surface area contributed by atoms with Gasteiger partial charge in [-0.1, -0.05) is 11.6 Å². The molecule has 0 heterocycles. The highest BCUT2D eigenvalue weighted by atomic mass is 35.5.